The van der Waals surface area contributed by atoms with Gasteiger partial charge < -0.3 is 14.5 Å². The van der Waals surface area contributed by atoms with Gasteiger partial charge in [0, 0.05) is 11.0 Å². The number of benzene rings is 1. The number of hydrogen-bond acceptors (Lipinski definition) is 3. The maximum atomic E-state index is 5.79. The van der Waals surface area contributed by atoms with Gasteiger partial charge in [-0.1, -0.05) is 22.0 Å². The molecule has 96 valence electrons. The summed E-state index contributed by atoms with van der Waals surface area (Å²) >= 11 is 3.42. The third kappa shape index (κ3) is 4.20. The van der Waals surface area contributed by atoms with E-state index in [-0.39, 0.29) is 6.10 Å². The lowest BCUT2D eigenvalue weighted by molar-refractivity contribution is 0.215. The van der Waals surface area contributed by atoms with Gasteiger partial charge in [-0.25, -0.2) is 0 Å². The second-order valence-corrected chi connectivity index (χ2v) is 5.01. The number of halogens is 1. The average molecular weight is 310 g/mol. The van der Waals surface area contributed by atoms with Crippen LogP contribution in [0.1, 0.15) is 12.7 Å². The van der Waals surface area contributed by atoms with Crippen LogP contribution in [0.2, 0.25) is 0 Å². The number of furan rings is 1. The molecule has 1 unspecified atom stereocenters. The summed E-state index contributed by atoms with van der Waals surface area (Å²) in [5.41, 5.74) is 0. The Morgan fingerprint density at radius 1 is 1.33 bits per heavy atom. The maximum absolute atomic E-state index is 5.79. The van der Waals surface area contributed by atoms with E-state index in [2.05, 4.69) is 21.2 Å². The van der Waals surface area contributed by atoms with Crippen molar-refractivity contribution in [2.24, 2.45) is 0 Å². The molecule has 2 aromatic rings. The fourth-order valence-electron chi connectivity index (χ4n) is 1.63. The number of nitrogens with one attached hydrogen (secondary N) is 1. The Morgan fingerprint density at radius 2 is 2.22 bits per heavy atom. The van der Waals surface area contributed by atoms with Crippen molar-refractivity contribution in [3.05, 3.63) is 52.9 Å². The zero-order chi connectivity index (χ0) is 12.8. The molecule has 1 atom stereocenters. The summed E-state index contributed by atoms with van der Waals surface area (Å²) in [5.74, 6) is 1.81. The fourth-order valence-corrected chi connectivity index (χ4v) is 2.00. The smallest absolute Gasteiger partial charge is 0.120 e. The molecule has 0 saturated heterocycles. The molecular formula is C14H16BrNO2. The van der Waals surface area contributed by atoms with Crippen molar-refractivity contribution in [2.45, 2.75) is 19.6 Å². The Balaban J connectivity index is 1.73. The minimum atomic E-state index is 0.106. The van der Waals surface area contributed by atoms with Crippen molar-refractivity contribution in [3.63, 3.8) is 0 Å². The van der Waals surface area contributed by atoms with E-state index in [9.17, 15) is 0 Å². The predicted octanol–water partition coefficient (Wildman–Crippen LogP) is 3.60. The maximum Gasteiger partial charge on any atom is 0.120 e. The van der Waals surface area contributed by atoms with E-state index < -0.39 is 0 Å². The minimum absolute atomic E-state index is 0.106. The second kappa shape index (κ2) is 6.61. The van der Waals surface area contributed by atoms with Crippen LogP contribution in [-0.2, 0) is 6.54 Å². The SMILES string of the molecule is CC(CNCc1ccco1)Oc1cccc(Br)c1. The average Bonchev–Trinajstić information content (AvgIpc) is 2.82. The van der Waals surface area contributed by atoms with Gasteiger partial charge in [0.05, 0.1) is 12.8 Å². The molecule has 0 radical (unpaired) electrons. The Bertz CT molecular complexity index is 470. The summed E-state index contributed by atoms with van der Waals surface area (Å²) < 4.78 is 12.1. The van der Waals surface area contributed by atoms with Crippen LogP contribution in [0.4, 0.5) is 0 Å². The fraction of sp³-hybridized carbons (Fsp3) is 0.286. The van der Waals surface area contributed by atoms with Gasteiger partial charge in [-0.05, 0) is 37.3 Å². The van der Waals surface area contributed by atoms with Crippen LogP contribution in [0.3, 0.4) is 0 Å². The molecule has 0 fully saturated rings. The van der Waals surface area contributed by atoms with Gasteiger partial charge in [0.15, 0.2) is 0 Å². The van der Waals surface area contributed by atoms with E-state index in [4.69, 9.17) is 9.15 Å². The Labute approximate surface area is 115 Å². The highest BCUT2D eigenvalue weighted by Crippen LogP contribution is 2.18. The monoisotopic (exact) mass is 309 g/mol. The standard InChI is InChI=1S/C14H16BrNO2/c1-11(9-16-10-14-6-3-7-17-14)18-13-5-2-4-12(15)8-13/h2-8,11,16H,9-10H2,1H3. The quantitative estimate of drug-likeness (QED) is 0.885. The van der Waals surface area contributed by atoms with E-state index in [1.165, 1.54) is 0 Å². The molecule has 0 aliphatic carbocycles. The summed E-state index contributed by atoms with van der Waals surface area (Å²) in [6.45, 7) is 3.53. The number of rotatable bonds is 6. The predicted molar refractivity (Wildman–Crippen MR) is 74.6 cm³/mol. The Morgan fingerprint density at radius 3 is 2.94 bits per heavy atom. The minimum Gasteiger partial charge on any atom is -0.489 e. The lowest BCUT2D eigenvalue weighted by Crippen LogP contribution is -2.28. The molecule has 0 bridgehead atoms. The molecule has 1 heterocycles. The van der Waals surface area contributed by atoms with E-state index in [0.717, 1.165) is 29.1 Å². The normalized spacial score (nSPS) is 12.3. The number of hydrogen-bond donors (Lipinski definition) is 1. The zero-order valence-electron chi connectivity index (χ0n) is 10.2. The molecule has 4 heteroatoms. The van der Waals surface area contributed by atoms with Crippen LogP contribution in [0.5, 0.6) is 5.75 Å². The molecule has 1 aromatic heterocycles. The van der Waals surface area contributed by atoms with Gasteiger partial charge in [0.25, 0.3) is 0 Å². The largest absolute Gasteiger partial charge is 0.489 e. The number of ether oxygens (including phenoxy) is 1. The van der Waals surface area contributed by atoms with Gasteiger partial charge in [-0.3, -0.25) is 0 Å². The molecule has 0 saturated carbocycles. The van der Waals surface area contributed by atoms with E-state index in [1.54, 1.807) is 6.26 Å². The van der Waals surface area contributed by atoms with Crippen molar-refractivity contribution < 1.29 is 9.15 Å². The first-order chi connectivity index (χ1) is 8.74. The van der Waals surface area contributed by atoms with Crippen LogP contribution in [0.15, 0.2) is 51.6 Å². The van der Waals surface area contributed by atoms with Crippen LogP contribution in [-0.4, -0.2) is 12.6 Å². The van der Waals surface area contributed by atoms with Crippen molar-refractivity contribution in [3.8, 4) is 5.75 Å². The lowest BCUT2D eigenvalue weighted by atomic mass is 10.3. The van der Waals surface area contributed by atoms with Crippen molar-refractivity contribution in [1.29, 1.82) is 0 Å². The molecule has 0 spiro atoms. The third-order valence-corrected chi connectivity index (χ3v) is 2.94. The third-order valence-electron chi connectivity index (χ3n) is 2.44. The van der Waals surface area contributed by atoms with Crippen molar-refractivity contribution >= 4 is 15.9 Å². The molecule has 0 aliphatic heterocycles. The molecule has 1 aromatic carbocycles. The molecule has 2 rings (SSSR count). The van der Waals surface area contributed by atoms with Crippen LogP contribution in [0.25, 0.3) is 0 Å². The summed E-state index contributed by atoms with van der Waals surface area (Å²) in [6.07, 6.45) is 1.78. The van der Waals surface area contributed by atoms with Crippen molar-refractivity contribution in [2.75, 3.05) is 6.54 Å². The molecule has 18 heavy (non-hydrogen) atoms. The van der Waals surface area contributed by atoms with Gasteiger partial charge in [0.2, 0.25) is 0 Å². The first-order valence-electron chi connectivity index (χ1n) is 5.89. The first kappa shape index (κ1) is 13.2. The van der Waals surface area contributed by atoms with Crippen LogP contribution in [0, 0.1) is 0 Å². The van der Waals surface area contributed by atoms with Gasteiger partial charge in [-0.15, -0.1) is 0 Å². The van der Waals surface area contributed by atoms with Gasteiger partial charge in [0.1, 0.15) is 17.6 Å². The summed E-state index contributed by atoms with van der Waals surface area (Å²) in [5, 5.41) is 3.29. The lowest BCUT2D eigenvalue weighted by Gasteiger charge is -2.15. The highest BCUT2D eigenvalue weighted by atomic mass is 79.9. The molecule has 3 nitrogen and oxygen atoms in total. The van der Waals surface area contributed by atoms with E-state index in [0.29, 0.717) is 0 Å². The van der Waals surface area contributed by atoms with Gasteiger partial charge >= 0.3 is 0 Å². The highest BCUT2D eigenvalue weighted by Gasteiger charge is 2.04. The topological polar surface area (TPSA) is 34.4 Å². The first-order valence-corrected chi connectivity index (χ1v) is 6.68. The van der Waals surface area contributed by atoms with E-state index >= 15 is 0 Å². The second-order valence-electron chi connectivity index (χ2n) is 4.10. The molecule has 0 amide bonds. The molecule has 1 N–H and O–H groups in total. The van der Waals surface area contributed by atoms with Crippen molar-refractivity contribution in [1.82, 2.24) is 5.32 Å². The molecule has 0 aliphatic rings. The summed E-state index contributed by atoms with van der Waals surface area (Å²) in [6, 6.07) is 11.7. The summed E-state index contributed by atoms with van der Waals surface area (Å²) in [7, 11) is 0. The van der Waals surface area contributed by atoms with E-state index in [1.807, 2.05) is 43.3 Å². The summed E-state index contributed by atoms with van der Waals surface area (Å²) in [4.78, 5) is 0. The van der Waals surface area contributed by atoms with Crippen LogP contribution < -0.4 is 10.1 Å². The zero-order valence-corrected chi connectivity index (χ0v) is 11.8. The van der Waals surface area contributed by atoms with Gasteiger partial charge in [-0.2, -0.15) is 0 Å². The highest BCUT2D eigenvalue weighted by molar-refractivity contribution is 9.10. The van der Waals surface area contributed by atoms with Crippen LogP contribution >= 0.6 is 15.9 Å². The Kier molecular flexibility index (Phi) is 4.84. The molecular weight excluding hydrogens is 294 g/mol. The Hall–Kier alpha value is -1.26.